The second-order valence-corrected chi connectivity index (χ2v) is 4.25. The largest absolute Gasteiger partial charge is 0.289 e. The molecule has 0 saturated heterocycles. The smallest absolute Gasteiger partial charge is 0.259 e. The lowest BCUT2D eigenvalue weighted by Crippen LogP contribution is -2.15. The van der Waals surface area contributed by atoms with E-state index in [0.717, 1.165) is 0 Å². The summed E-state index contributed by atoms with van der Waals surface area (Å²) in [5.74, 6) is -0.252. The van der Waals surface area contributed by atoms with Crippen molar-refractivity contribution in [3.63, 3.8) is 0 Å². The number of anilines is 1. The van der Waals surface area contributed by atoms with Crippen LogP contribution in [0.25, 0.3) is 0 Å². The molecule has 0 aliphatic heterocycles. The van der Waals surface area contributed by atoms with E-state index in [1.807, 2.05) is 0 Å². The van der Waals surface area contributed by atoms with Gasteiger partial charge in [-0.3, -0.25) is 10.1 Å². The molecule has 17 heavy (non-hydrogen) atoms. The predicted molar refractivity (Wildman–Crippen MR) is 66.9 cm³/mol. The van der Waals surface area contributed by atoms with Gasteiger partial charge in [-0.2, -0.15) is 5.10 Å². The van der Waals surface area contributed by atoms with Gasteiger partial charge in [-0.1, -0.05) is 17.7 Å². The number of benzene rings is 1. The van der Waals surface area contributed by atoms with Crippen LogP contribution in [0.1, 0.15) is 10.4 Å². The lowest BCUT2D eigenvalue weighted by atomic mass is 10.2. The minimum Gasteiger partial charge on any atom is -0.289 e. The Morgan fingerprint density at radius 2 is 2.18 bits per heavy atom. The van der Waals surface area contributed by atoms with Crippen LogP contribution in [0.4, 0.5) is 5.95 Å². The van der Waals surface area contributed by atoms with Crippen LogP contribution in [0.15, 0.2) is 35.1 Å². The number of rotatable bonds is 2. The highest BCUT2D eigenvalue weighted by atomic mass is 79.9. The quantitative estimate of drug-likeness (QED) is 0.925. The summed E-state index contributed by atoms with van der Waals surface area (Å²) in [4.78, 5) is 15.7. The maximum absolute atomic E-state index is 11.9. The molecule has 0 aliphatic rings. The fourth-order valence-corrected chi connectivity index (χ4v) is 1.73. The zero-order valence-electron chi connectivity index (χ0n) is 8.39. The van der Waals surface area contributed by atoms with Gasteiger partial charge in [-0.15, -0.1) is 5.10 Å². The third kappa shape index (κ3) is 2.78. The van der Waals surface area contributed by atoms with Crippen LogP contribution in [0.3, 0.4) is 0 Å². The molecule has 1 aromatic carbocycles. The average Bonchev–Trinajstić information content (AvgIpc) is 2.34. The molecule has 2 aromatic rings. The summed E-state index contributed by atoms with van der Waals surface area (Å²) >= 11 is 9.23. The highest BCUT2D eigenvalue weighted by Gasteiger charge is 2.13. The molecule has 1 N–H and O–H groups in total. The SMILES string of the molecule is O=C(Nc1nccnn1)c1cccc(Br)c1Cl. The van der Waals surface area contributed by atoms with E-state index in [9.17, 15) is 4.79 Å². The summed E-state index contributed by atoms with van der Waals surface area (Å²) in [6.45, 7) is 0. The summed E-state index contributed by atoms with van der Waals surface area (Å²) in [6, 6.07) is 5.08. The molecule has 0 aliphatic carbocycles. The molecule has 0 spiro atoms. The van der Waals surface area contributed by atoms with Gasteiger partial charge in [0.1, 0.15) is 0 Å². The summed E-state index contributed by atoms with van der Waals surface area (Å²) in [7, 11) is 0. The number of hydrogen-bond donors (Lipinski definition) is 1. The highest BCUT2D eigenvalue weighted by molar-refractivity contribution is 9.10. The van der Waals surface area contributed by atoms with Crippen LogP contribution in [0.5, 0.6) is 0 Å². The van der Waals surface area contributed by atoms with Crippen LogP contribution >= 0.6 is 27.5 Å². The van der Waals surface area contributed by atoms with Crippen molar-refractivity contribution in [1.29, 1.82) is 0 Å². The van der Waals surface area contributed by atoms with Crippen molar-refractivity contribution in [3.05, 3.63) is 45.7 Å². The van der Waals surface area contributed by atoms with Crippen molar-refractivity contribution < 1.29 is 4.79 Å². The van der Waals surface area contributed by atoms with E-state index in [1.54, 1.807) is 18.2 Å². The lowest BCUT2D eigenvalue weighted by Gasteiger charge is -2.05. The van der Waals surface area contributed by atoms with E-state index >= 15 is 0 Å². The van der Waals surface area contributed by atoms with E-state index < -0.39 is 0 Å². The maximum Gasteiger partial charge on any atom is 0.259 e. The van der Waals surface area contributed by atoms with E-state index in [2.05, 4.69) is 36.4 Å². The van der Waals surface area contributed by atoms with E-state index in [4.69, 9.17) is 11.6 Å². The molecule has 0 fully saturated rings. The number of halogens is 2. The Labute approximate surface area is 110 Å². The van der Waals surface area contributed by atoms with Crippen molar-refractivity contribution in [1.82, 2.24) is 15.2 Å². The minimum atomic E-state index is -0.385. The van der Waals surface area contributed by atoms with Gasteiger partial charge in [-0.25, -0.2) is 4.98 Å². The van der Waals surface area contributed by atoms with E-state index in [1.165, 1.54) is 12.4 Å². The molecule has 86 valence electrons. The molecular weight excluding hydrogens is 307 g/mol. The summed E-state index contributed by atoms with van der Waals surface area (Å²) < 4.78 is 0.652. The van der Waals surface area contributed by atoms with Crippen molar-refractivity contribution in [2.24, 2.45) is 0 Å². The molecule has 1 amide bonds. The monoisotopic (exact) mass is 312 g/mol. The Bertz CT molecular complexity index is 549. The van der Waals surface area contributed by atoms with Crippen molar-refractivity contribution >= 4 is 39.4 Å². The van der Waals surface area contributed by atoms with Gasteiger partial charge < -0.3 is 0 Å². The Hall–Kier alpha value is -1.53. The first-order valence-electron chi connectivity index (χ1n) is 4.57. The first-order chi connectivity index (χ1) is 8.18. The Morgan fingerprint density at radius 1 is 1.35 bits per heavy atom. The van der Waals surface area contributed by atoms with Gasteiger partial charge in [0.05, 0.1) is 23.0 Å². The molecule has 2 rings (SSSR count). The second kappa shape index (κ2) is 5.20. The molecule has 0 unspecified atom stereocenters. The Kier molecular flexibility index (Phi) is 3.65. The maximum atomic E-state index is 11.9. The number of hydrogen-bond acceptors (Lipinski definition) is 4. The topological polar surface area (TPSA) is 67.8 Å². The molecule has 0 saturated carbocycles. The van der Waals surface area contributed by atoms with Crippen molar-refractivity contribution in [2.75, 3.05) is 5.32 Å². The standard InChI is InChI=1S/C10H6BrClN4O/c11-7-3-1-2-6(8(7)12)9(17)15-10-13-4-5-14-16-10/h1-5H,(H,13,15,16,17). The molecule has 1 aromatic heterocycles. The van der Waals surface area contributed by atoms with Crippen molar-refractivity contribution in [2.45, 2.75) is 0 Å². The van der Waals surface area contributed by atoms with Gasteiger partial charge in [0.2, 0.25) is 5.95 Å². The number of aromatic nitrogens is 3. The molecule has 7 heteroatoms. The van der Waals surface area contributed by atoms with Gasteiger partial charge in [0.25, 0.3) is 5.91 Å². The molecule has 0 radical (unpaired) electrons. The lowest BCUT2D eigenvalue weighted by molar-refractivity contribution is 0.102. The van der Waals surface area contributed by atoms with Gasteiger partial charge in [0, 0.05) is 4.47 Å². The minimum absolute atomic E-state index is 0.133. The highest BCUT2D eigenvalue weighted by Crippen LogP contribution is 2.26. The molecule has 5 nitrogen and oxygen atoms in total. The first-order valence-corrected chi connectivity index (χ1v) is 5.74. The number of nitrogens with zero attached hydrogens (tertiary/aromatic N) is 3. The summed E-state index contributed by atoms with van der Waals surface area (Å²) in [5.41, 5.74) is 0.341. The molecule has 1 heterocycles. The van der Waals surface area contributed by atoms with Crippen LogP contribution in [0, 0.1) is 0 Å². The predicted octanol–water partition coefficient (Wildman–Crippen LogP) is 2.54. The van der Waals surface area contributed by atoms with E-state index in [0.29, 0.717) is 15.1 Å². The second-order valence-electron chi connectivity index (χ2n) is 3.02. The third-order valence-electron chi connectivity index (χ3n) is 1.90. The number of carbonyl (C=O) groups is 1. The van der Waals surface area contributed by atoms with Crippen molar-refractivity contribution in [3.8, 4) is 0 Å². The molecular formula is C10H6BrClN4O. The number of amides is 1. The third-order valence-corrected chi connectivity index (χ3v) is 3.20. The molecule has 0 bridgehead atoms. The van der Waals surface area contributed by atoms with Crippen LogP contribution in [0.2, 0.25) is 5.02 Å². The normalized spacial score (nSPS) is 10.0. The fraction of sp³-hybridized carbons (Fsp3) is 0. The zero-order valence-corrected chi connectivity index (χ0v) is 10.7. The summed E-state index contributed by atoms with van der Waals surface area (Å²) in [5, 5.41) is 10.1. The van der Waals surface area contributed by atoms with Crippen LogP contribution in [-0.4, -0.2) is 21.1 Å². The Balaban J connectivity index is 2.24. The van der Waals surface area contributed by atoms with Crippen LogP contribution < -0.4 is 5.32 Å². The van der Waals surface area contributed by atoms with Crippen LogP contribution in [-0.2, 0) is 0 Å². The van der Waals surface area contributed by atoms with Gasteiger partial charge in [0.15, 0.2) is 0 Å². The van der Waals surface area contributed by atoms with Gasteiger partial charge in [-0.05, 0) is 28.1 Å². The van der Waals surface area contributed by atoms with E-state index in [-0.39, 0.29) is 11.9 Å². The zero-order chi connectivity index (χ0) is 12.3. The first kappa shape index (κ1) is 11.9. The number of nitrogens with one attached hydrogen (secondary N) is 1. The van der Waals surface area contributed by atoms with Gasteiger partial charge >= 0.3 is 0 Å². The molecule has 0 atom stereocenters. The Morgan fingerprint density at radius 3 is 2.88 bits per heavy atom. The average molecular weight is 314 g/mol. The summed E-state index contributed by atoms with van der Waals surface area (Å²) in [6.07, 6.45) is 2.85. The number of carbonyl (C=O) groups excluding carboxylic acids is 1. The fourth-order valence-electron chi connectivity index (χ4n) is 1.15.